The minimum atomic E-state index is -3.03. The van der Waals surface area contributed by atoms with Crippen LogP contribution in [0.4, 0.5) is 9.59 Å². The summed E-state index contributed by atoms with van der Waals surface area (Å²) in [6.07, 6.45) is -3.91. The van der Waals surface area contributed by atoms with Gasteiger partial charge in [-0.2, -0.15) is 0 Å². The summed E-state index contributed by atoms with van der Waals surface area (Å²) in [5, 5.41) is 12.5. The number of esters is 1. The smallest absolute Gasteiger partial charge is 0.418 e. The molecule has 0 saturated heterocycles. The number of hydrogen-bond acceptors (Lipinski definition) is 9. The van der Waals surface area contributed by atoms with Crippen molar-refractivity contribution in [2.45, 2.75) is 38.2 Å². The summed E-state index contributed by atoms with van der Waals surface area (Å²) in [6.45, 7) is -1.87. The Hall–Kier alpha value is -5.04. The SMILES string of the molecule is O=C(CBr)CC[C@](C(=O)O)(C(=O)OCc1ccccc1)N(C(=O)CNC(=O)OCc1ccccc1)C(=O)OCc1ccccc1. The zero-order valence-electron chi connectivity index (χ0n) is 24.1. The molecule has 0 saturated carbocycles. The fourth-order valence-electron chi connectivity index (χ4n) is 4.08. The molecule has 0 bridgehead atoms. The van der Waals surface area contributed by atoms with E-state index in [4.69, 9.17) is 14.2 Å². The highest BCUT2D eigenvalue weighted by atomic mass is 79.9. The van der Waals surface area contributed by atoms with Crippen LogP contribution in [-0.4, -0.2) is 63.2 Å². The predicted octanol–water partition coefficient (Wildman–Crippen LogP) is 4.39. The van der Waals surface area contributed by atoms with Gasteiger partial charge in [0.15, 0.2) is 0 Å². The minimum absolute atomic E-state index is 0.0879. The molecule has 13 heteroatoms. The number of Topliss-reactive ketones (excluding diaryl/α,β-unsaturated/α-hetero) is 1. The molecule has 0 unspecified atom stereocenters. The van der Waals surface area contributed by atoms with E-state index in [0.29, 0.717) is 16.7 Å². The van der Waals surface area contributed by atoms with E-state index in [1.165, 1.54) is 0 Å². The molecular weight excluding hydrogens is 652 g/mol. The molecule has 12 nitrogen and oxygen atoms in total. The van der Waals surface area contributed by atoms with Gasteiger partial charge in [0.2, 0.25) is 5.54 Å². The van der Waals surface area contributed by atoms with Crippen LogP contribution >= 0.6 is 15.9 Å². The van der Waals surface area contributed by atoms with Gasteiger partial charge < -0.3 is 24.6 Å². The molecule has 3 rings (SSSR count). The third-order valence-corrected chi connectivity index (χ3v) is 7.06. The van der Waals surface area contributed by atoms with Gasteiger partial charge in [-0.3, -0.25) is 9.59 Å². The summed E-state index contributed by atoms with van der Waals surface area (Å²) in [5.41, 5.74) is -1.38. The van der Waals surface area contributed by atoms with Crippen molar-refractivity contribution in [3.63, 3.8) is 0 Å². The number of carboxylic acids is 1. The zero-order chi connectivity index (χ0) is 32.7. The third-order valence-electron chi connectivity index (χ3n) is 6.43. The molecule has 45 heavy (non-hydrogen) atoms. The molecule has 0 radical (unpaired) electrons. The van der Waals surface area contributed by atoms with Crippen molar-refractivity contribution in [3.05, 3.63) is 108 Å². The van der Waals surface area contributed by atoms with Crippen LogP contribution in [0, 0.1) is 0 Å². The number of alkyl halides is 1. The summed E-state index contributed by atoms with van der Waals surface area (Å²) in [7, 11) is 0. The highest BCUT2D eigenvalue weighted by Crippen LogP contribution is 2.28. The van der Waals surface area contributed by atoms with Crippen molar-refractivity contribution in [1.82, 2.24) is 10.2 Å². The zero-order valence-corrected chi connectivity index (χ0v) is 25.6. The van der Waals surface area contributed by atoms with Crippen molar-refractivity contribution in [2.24, 2.45) is 0 Å². The Kier molecular flexibility index (Phi) is 13.2. The maximum Gasteiger partial charge on any atom is 0.418 e. The molecule has 3 aromatic carbocycles. The maximum absolute atomic E-state index is 13.7. The van der Waals surface area contributed by atoms with Crippen LogP contribution in [0.25, 0.3) is 0 Å². The van der Waals surface area contributed by atoms with Gasteiger partial charge in [-0.15, -0.1) is 0 Å². The topological polar surface area (TPSA) is 166 Å². The van der Waals surface area contributed by atoms with E-state index in [9.17, 15) is 33.9 Å². The van der Waals surface area contributed by atoms with E-state index in [1.54, 1.807) is 91.0 Å². The summed E-state index contributed by atoms with van der Waals surface area (Å²) in [6, 6.07) is 25.3. The highest BCUT2D eigenvalue weighted by molar-refractivity contribution is 9.09. The second-order valence-corrected chi connectivity index (χ2v) is 10.1. The quantitative estimate of drug-likeness (QED) is 0.102. The van der Waals surface area contributed by atoms with Crippen LogP contribution < -0.4 is 5.32 Å². The number of imide groups is 1. The number of nitrogens with one attached hydrogen (secondary N) is 1. The van der Waals surface area contributed by atoms with Gasteiger partial charge in [-0.1, -0.05) is 107 Å². The number of rotatable bonds is 15. The molecule has 3 aromatic rings. The van der Waals surface area contributed by atoms with Crippen LogP contribution in [0.5, 0.6) is 0 Å². The Bertz CT molecular complexity index is 1470. The lowest BCUT2D eigenvalue weighted by atomic mass is 9.90. The van der Waals surface area contributed by atoms with E-state index < -0.39 is 67.3 Å². The fraction of sp³-hybridized carbons (Fsp3) is 0.250. The van der Waals surface area contributed by atoms with Crippen molar-refractivity contribution in [1.29, 1.82) is 0 Å². The number of alkyl carbamates (subject to hydrolysis) is 1. The Morgan fingerprint density at radius 2 is 1.18 bits per heavy atom. The lowest BCUT2D eigenvalue weighted by molar-refractivity contribution is -0.176. The standard InChI is InChI=1S/C32H31BrN2O10/c33-18-26(36)16-17-32(28(38)39,29(40)43-20-23-10-4-1-5-11-23)35(31(42)45-22-25-14-8-3-9-15-25)27(37)19-34-30(41)44-21-24-12-6-2-7-13-24/h1-15H,16-22H2,(H,34,41)(H,38,39)/t32-/m0/s1. The fourth-order valence-corrected chi connectivity index (χ4v) is 4.36. The van der Waals surface area contributed by atoms with Crippen molar-refractivity contribution in [2.75, 3.05) is 11.9 Å². The number of halogens is 1. The van der Waals surface area contributed by atoms with Gasteiger partial charge in [0.25, 0.3) is 5.91 Å². The largest absolute Gasteiger partial charge is 0.479 e. The Balaban J connectivity index is 1.92. The van der Waals surface area contributed by atoms with Gasteiger partial charge >= 0.3 is 24.1 Å². The Morgan fingerprint density at radius 3 is 1.64 bits per heavy atom. The first-order valence-electron chi connectivity index (χ1n) is 13.7. The maximum atomic E-state index is 13.7. The van der Waals surface area contributed by atoms with E-state index in [1.807, 2.05) is 0 Å². The van der Waals surface area contributed by atoms with Crippen LogP contribution in [-0.2, 0) is 53.2 Å². The number of hydrogen-bond donors (Lipinski definition) is 2. The lowest BCUT2D eigenvalue weighted by Crippen LogP contribution is -2.66. The summed E-state index contributed by atoms with van der Waals surface area (Å²) in [4.78, 5) is 78.5. The van der Waals surface area contributed by atoms with Crippen molar-refractivity contribution in [3.8, 4) is 0 Å². The van der Waals surface area contributed by atoms with Crippen LogP contribution in [0.15, 0.2) is 91.0 Å². The van der Waals surface area contributed by atoms with E-state index >= 15 is 0 Å². The molecule has 2 N–H and O–H groups in total. The van der Waals surface area contributed by atoms with Crippen LogP contribution in [0.3, 0.4) is 0 Å². The van der Waals surface area contributed by atoms with Gasteiger partial charge in [0.1, 0.15) is 32.1 Å². The van der Waals surface area contributed by atoms with Crippen LogP contribution in [0.1, 0.15) is 29.5 Å². The molecular formula is C32H31BrN2O10. The second-order valence-electron chi connectivity index (χ2n) is 9.58. The van der Waals surface area contributed by atoms with E-state index in [0.717, 1.165) is 0 Å². The minimum Gasteiger partial charge on any atom is -0.479 e. The predicted molar refractivity (Wildman–Crippen MR) is 163 cm³/mol. The number of aliphatic carboxylic acids is 1. The molecule has 236 valence electrons. The first kappa shape index (κ1) is 34.5. The number of nitrogens with zero attached hydrogens (tertiary/aromatic N) is 1. The monoisotopic (exact) mass is 682 g/mol. The molecule has 0 aliphatic carbocycles. The third kappa shape index (κ3) is 10.00. The number of carbonyl (C=O) groups excluding carboxylic acids is 5. The normalized spacial score (nSPS) is 11.8. The molecule has 0 fully saturated rings. The molecule has 0 aromatic heterocycles. The Morgan fingerprint density at radius 1 is 0.711 bits per heavy atom. The number of benzene rings is 3. The second kappa shape index (κ2) is 17.3. The average Bonchev–Trinajstić information content (AvgIpc) is 3.07. The first-order chi connectivity index (χ1) is 21.7. The summed E-state index contributed by atoms with van der Waals surface area (Å²) in [5.74, 6) is -5.27. The summed E-state index contributed by atoms with van der Waals surface area (Å²) < 4.78 is 15.7. The number of amides is 3. The molecule has 0 spiro atoms. The van der Waals surface area contributed by atoms with E-state index in [2.05, 4.69) is 21.2 Å². The number of carbonyl (C=O) groups is 6. The molecule has 0 aliphatic heterocycles. The van der Waals surface area contributed by atoms with Crippen LogP contribution in [0.2, 0.25) is 0 Å². The molecule has 0 aliphatic rings. The van der Waals surface area contributed by atoms with Gasteiger partial charge in [0.05, 0.1) is 5.33 Å². The lowest BCUT2D eigenvalue weighted by Gasteiger charge is -2.36. The number of ether oxygens (including phenoxy) is 3. The Labute approximate surface area is 267 Å². The van der Waals surface area contributed by atoms with Gasteiger partial charge in [-0.25, -0.2) is 24.1 Å². The van der Waals surface area contributed by atoms with Gasteiger partial charge in [0, 0.05) is 6.42 Å². The average molecular weight is 684 g/mol. The van der Waals surface area contributed by atoms with Crippen molar-refractivity contribution >= 4 is 51.7 Å². The van der Waals surface area contributed by atoms with Crippen molar-refractivity contribution < 1.29 is 48.1 Å². The molecule has 0 heterocycles. The van der Waals surface area contributed by atoms with E-state index in [-0.39, 0.29) is 23.4 Å². The molecule has 3 amide bonds. The number of ketones is 1. The first-order valence-corrected chi connectivity index (χ1v) is 14.8. The highest BCUT2D eigenvalue weighted by Gasteiger charge is 2.58. The number of carboxylic acid groups (broad SMARTS) is 1. The van der Waals surface area contributed by atoms with Gasteiger partial charge in [-0.05, 0) is 23.1 Å². The summed E-state index contributed by atoms with van der Waals surface area (Å²) >= 11 is 2.99. The molecule has 1 atom stereocenters.